The van der Waals surface area contributed by atoms with Crippen LogP contribution in [-0.4, -0.2) is 34.1 Å². The first-order valence-electron chi connectivity index (χ1n) is 5.87. The van der Waals surface area contributed by atoms with Gasteiger partial charge in [0.2, 0.25) is 17.2 Å². The maximum Gasteiger partial charge on any atom is 0.231 e. The molecule has 0 unspecified atom stereocenters. The van der Waals surface area contributed by atoms with Crippen molar-refractivity contribution < 1.29 is 0 Å². The van der Waals surface area contributed by atoms with E-state index in [1.807, 2.05) is 25.7 Å². The van der Waals surface area contributed by atoms with E-state index in [-0.39, 0.29) is 11.3 Å². The van der Waals surface area contributed by atoms with Gasteiger partial charge in [0.1, 0.15) is 0 Å². The van der Waals surface area contributed by atoms with Gasteiger partial charge in [-0.2, -0.15) is 20.2 Å². The third-order valence-electron chi connectivity index (χ3n) is 2.28. The van der Waals surface area contributed by atoms with Gasteiger partial charge < -0.3 is 10.2 Å². The van der Waals surface area contributed by atoms with Crippen LogP contribution in [0.15, 0.2) is 0 Å². The third-order valence-corrected chi connectivity index (χ3v) is 2.44. The molecule has 0 fully saturated rings. The first-order valence-corrected chi connectivity index (χ1v) is 6.25. The largest absolute Gasteiger partial charge is 0.354 e. The fourth-order valence-corrected chi connectivity index (χ4v) is 1.62. The molecule has 0 aromatic carbocycles. The van der Waals surface area contributed by atoms with Gasteiger partial charge in [-0.3, -0.25) is 0 Å². The van der Waals surface area contributed by atoms with E-state index in [0.717, 1.165) is 0 Å². The molecule has 98 valence electrons. The summed E-state index contributed by atoms with van der Waals surface area (Å²) in [5, 5.41) is 11.8. The molecule has 0 radical (unpaired) electrons. The van der Waals surface area contributed by atoms with Gasteiger partial charge in [-0.1, -0.05) is 0 Å². The Morgan fingerprint density at radius 1 is 1.39 bits per heavy atom. The summed E-state index contributed by atoms with van der Waals surface area (Å²) in [6, 6.07) is 2.30. The zero-order valence-electron chi connectivity index (χ0n) is 10.8. The van der Waals surface area contributed by atoms with Gasteiger partial charge in [-0.25, -0.2) is 0 Å². The van der Waals surface area contributed by atoms with E-state index in [9.17, 15) is 0 Å². The lowest BCUT2D eigenvalue weighted by molar-refractivity contribution is 0.663. The molecule has 0 atom stereocenters. The molecule has 0 saturated carbocycles. The molecule has 7 heteroatoms. The molecular formula is C11H17ClN6. The highest BCUT2D eigenvalue weighted by molar-refractivity contribution is 6.28. The zero-order chi connectivity index (χ0) is 13.5. The summed E-state index contributed by atoms with van der Waals surface area (Å²) in [5.74, 6) is 0.950. The lowest BCUT2D eigenvalue weighted by Crippen LogP contribution is -2.33. The van der Waals surface area contributed by atoms with E-state index in [0.29, 0.717) is 31.4 Å². The van der Waals surface area contributed by atoms with Crippen LogP contribution in [0, 0.1) is 11.3 Å². The van der Waals surface area contributed by atoms with Gasteiger partial charge in [0.05, 0.1) is 12.5 Å². The number of aromatic nitrogens is 3. The topological polar surface area (TPSA) is 77.7 Å². The highest BCUT2D eigenvalue weighted by Gasteiger charge is 2.15. The average molecular weight is 269 g/mol. The van der Waals surface area contributed by atoms with Crippen molar-refractivity contribution in [2.75, 3.05) is 23.3 Å². The van der Waals surface area contributed by atoms with E-state index in [1.165, 1.54) is 0 Å². The molecule has 1 N–H and O–H groups in total. The van der Waals surface area contributed by atoms with Gasteiger partial charge in [0, 0.05) is 19.1 Å². The van der Waals surface area contributed by atoms with E-state index < -0.39 is 0 Å². The molecule has 0 spiro atoms. The number of hydrogen-bond donors (Lipinski definition) is 1. The van der Waals surface area contributed by atoms with Crippen molar-refractivity contribution >= 4 is 23.5 Å². The fourth-order valence-electron chi connectivity index (χ4n) is 1.46. The monoisotopic (exact) mass is 268 g/mol. The Balaban J connectivity index is 3.00. The molecule has 1 aromatic rings. The molecule has 6 nitrogen and oxygen atoms in total. The van der Waals surface area contributed by atoms with Crippen molar-refractivity contribution in [2.45, 2.75) is 33.2 Å². The molecule has 0 amide bonds. The molecule has 1 rings (SSSR count). The summed E-state index contributed by atoms with van der Waals surface area (Å²) < 4.78 is 0. The molecule has 1 aromatic heterocycles. The van der Waals surface area contributed by atoms with E-state index in [4.69, 9.17) is 16.9 Å². The molecular weight excluding hydrogens is 252 g/mol. The second-order valence-corrected chi connectivity index (χ2v) is 4.29. The van der Waals surface area contributed by atoms with Gasteiger partial charge >= 0.3 is 0 Å². The van der Waals surface area contributed by atoms with Crippen LogP contribution >= 0.6 is 11.6 Å². The molecule has 1 heterocycles. The second kappa shape index (κ2) is 6.97. The minimum absolute atomic E-state index is 0.151. The van der Waals surface area contributed by atoms with Crippen LogP contribution in [0.2, 0.25) is 5.28 Å². The Morgan fingerprint density at radius 2 is 2.11 bits per heavy atom. The average Bonchev–Trinajstić information content (AvgIpc) is 2.28. The smallest absolute Gasteiger partial charge is 0.231 e. The van der Waals surface area contributed by atoms with Crippen LogP contribution in [0.25, 0.3) is 0 Å². The third kappa shape index (κ3) is 4.00. The summed E-state index contributed by atoms with van der Waals surface area (Å²) >= 11 is 5.87. The Hall–Kier alpha value is -1.61. The minimum Gasteiger partial charge on any atom is -0.354 e. The Bertz CT molecular complexity index is 428. The van der Waals surface area contributed by atoms with Crippen molar-refractivity contribution in [3.05, 3.63) is 5.28 Å². The van der Waals surface area contributed by atoms with Gasteiger partial charge in [-0.15, -0.1) is 0 Å². The quantitative estimate of drug-likeness (QED) is 0.851. The molecule has 18 heavy (non-hydrogen) atoms. The standard InChI is InChI=1S/C11H17ClN6/c1-4-14-10-15-9(12)16-11(17-10)18(8(2)3)7-5-6-13/h8H,4-5,7H2,1-3H3,(H,14,15,16,17). The minimum atomic E-state index is 0.151. The number of nitrogens with one attached hydrogen (secondary N) is 1. The first-order chi connectivity index (χ1) is 8.58. The van der Waals surface area contributed by atoms with E-state index in [1.54, 1.807) is 0 Å². The maximum absolute atomic E-state index is 8.67. The summed E-state index contributed by atoms with van der Waals surface area (Å²) in [7, 11) is 0. The number of hydrogen-bond acceptors (Lipinski definition) is 6. The Labute approximate surface area is 112 Å². The maximum atomic E-state index is 8.67. The Kier molecular flexibility index (Phi) is 5.59. The lowest BCUT2D eigenvalue weighted by Gasteiger charge is -2.25. The van der Waals surface area contributed by atoms with Crippen molar-refractivity contribution in [2.24, 2.45) is 0 Å². The van der Waals surface area contributed by atoms with E-state index in [2.05, 4.69) is 26.3 Å². The molecule has 0 aliphatic heterocycles. The summed E-state index contributed by atoms with van der Waals surface area (Å²) in [6.45, 7) is 7.26. The highest BCUT2D eigenvalue weighted by atomic mass is 35.5. The van der Waals surface area contributed by atoms with Crippen molar-refractivity contribution in [3.8, 4) is 6.07 Å². The number of rotatable bonds is 6. The number of anilines is 2. The molecule has 0 aliphatic rings. The SMILES string of the molecule is CCNc1nc(Cl)nc(N(CCC#N)C(C)C)n1. The predicted octanol–water partition coefficient (Wildman–Crippen LogP) is 2.09. The second-order valence-electron chi connectivity index (χ2n) is 3.95. The van der Waals surface area contributed by atoms with Crippen molar-refractivity contribution in [1.29, 1.82) is 5.26 Å². The molecule has 0 saturated heterocycles. The van der Waals surface area contributed by atoms with Crippen molar-refractivity contribution in [1.82, 2.24) is 15.0 Å². The van der Waals surface area contributed by atoms with Crippen LogP contribution in [0.5, 0.6) is 0 Å². The van der Waals surface area contributed by atoms with Gasteiger partial charge in [0.25, 0.3) is 0 Å². The number of nitrogens with zero attached hydrogens (tertiary/aromatic N) is 5. The van der Waals surface area contributed by atoms with Crippen molar-refractivity contribution in [3.63, 3.8) is 0 Å². The summed E-state index contributed by atoms with van der Waals surface area (Å²) in [5.41, 5.74) is 0. The fraction of sp³-hybridized carbons (Fsp3) is 0.636. The number of nitriles is 1. The molecule has 0 bridgehead atoms. The van der Waals surface area contributed by atoms with E-state index >= 15 is 0 Å². The predicted molar refractivity (Wildman–Crippen MR) is 71.7 cm³/mol. The van der Waals surface area contributed by atoms with Crippen LogP contribution in [-0.2, 0) is 0 Å². The highest BCUT2D eigenvalue weighted by Crippen LogP contribution is 2.16. The lowest BCUT2D eigenvalue weighted by atomic mass is 10.3. The first kappa shape index (κ1) is 14.5. The van der Waals surface area contributed by atoms with Crippen LogP contribution in [0.1, 0.15) is 27.2 Å². The summed E-state index contributed by atoms with van der Waals surface area (Å²) in [4.78, 5) is 14.3. The summed E-state index contributed by atoms with van der Waals surface area (Å²) in [6.07, 6.45) is 0.415. The molecule has 0 aliphatic carbocycles. The number of halogens is 1. The van der Waals surface area contributed by atoms with Crippen LogP contribution in [0.4, 0.5) is 11.9 Å². The normalized spacial score (nSPS) is 10.2. The Morgan fingerprint density at radius 3 is 2.67 bits per heavy atom. The van der Waals surface area contributed by atoms with Crippen LogP contribution < -0.4 is 10.2 Å². The van der Waals surface area contributed by atoms with Crippen LogP contribution in [0.3, 0.4) is 0 Å². The van der Waals surface area contributed by atoms with Gasteiger partial charge in [-0.05, 0) is 32.4 Å². The zero-order valence-corrected chi connectivity index (χ0v) is 11.6. The van der Waals surface area contributed by atoms with Gasteiger partial charge in [0.15, 0.2) is 0 Å².